The molecule has 0 bridgehead atoms. The maximum atomic E-state index is 14.5. The van der Waals surface area contributed by atoms with Crippen molar-refractivity contribution in [2.45, 2.75) is 204 Å². The molecule has 1 unspecified atom stereocenters. The highest BCUT2D eigenvalue weighted by molar-refractivity contribution is 5.76. The van der Waals surface area contributed by atoms with Crippen molar-refractivity contribution >= 4 is 11.9 Å². The smallest absolute Gasteiger partial charge is 0.311 e. The number of carbonyl (C=O) groups is 2. The topological polar surface area (TPSA) is 209 Å². The van der Waals surface area contributed by atoms with E-state index in [1.807, 2.05) is 37.7 Å². The van der Waals surface area contributed by atoms with Crippen LogP contribution in [0.3, 0.4) is 0 Å². The molecule has 16 nitrogen and oxygen atoms in total. The fraction of sp³-hybridized carbons (Fsp3) is 0.837. The first-order valence-electron chi connectivity index (χ1n) is 24.0. The molecule has 3 saturated heterocycles. The molecule has 1 amide bonds. The number of benzene rings is 1. The standard InChI is InChI=1S/C49H84FN3O13/c1-14-37-49(10,60)42(56)32(6)53(23-15-22-51-38(54)21-18-34-16-19-35(50)20-17-34)27-28(2)25-47(8,59)44(66-46-40(55)36(52(11)12)24-29(3)62-46)30(4)41(31(5)45(58)64-37)65-39-26-48(9,61-13)43(57)33(7)63-39/h16-17,19-20,28-33,36-37,39-44,46,55-57,59-60H,14-15,18,21-27H2,1-13H3,(H,51,54)/t28-,29+,30+,31-,32-,33+,36-,37?,39+,40+,41+,42-,43+,44-,46-,47-,48-,49-/m1/s1. The monoisotopic (exact) mass is 942 g/mol. The molecule has 0 radical (unpaired) electrons. The second-order valence-electron chi connectivity index (χ2n) is 20.6. The lowest BCUT2D eigenvalue weighted by Gasteiger charge is -2.48. The maximum Gasteiger partial charge on any atom is 0.311 e. The number of hydrogen-bond donors (Lipinski definition) is 6. The van der Waals surface area contributed by atoms with Crippen molar-refractivity contribution in [3.63, 3.8) is 0 Å². The molecule has 1 aromatic carbocycles. The van der Waals surface area contributed by atoms with Gasteiger partial charge in [-0.05, 0) is 118 Å². The number of halogens is 1. The van der Waals surface area contributed by atoms with Gasteiger partial charge in [-0.15, -0.1) is 0 Å². The molecule has 3 heterocycles. The van der Waals surface area contributed by atoms with Crippen molar-refractivity contribution in [3.8, 4) is 0 Å². The van der Waals surface area contributed by atoms with Gasteiger partial charge in [0.1, 0.15) is 35.8 Å². The highest BCUT2D eigenvalue weighted by Gasteiger charge is 2.53. The van der Waals surface area contributed by atoms with E-state index in [0.29, 0.717) is 38.9 Å². The van der Waals surface area contributed by atoms with Crippen LogP contribution < -0.4 is 5.32 Å². The third-order valence-electron chi connectivity index (χ3n) is 14.5. The largest absolute Gasteiger partial charge is 0.459 e. The van der Waals surface area contributed by atoms with Gasteiger partial charge in [-0.25, -0.2) is 4.39 Å². The number of aliphatic hydroxyl groups is 5. The molecule has 380 valence electrons. The Bertz CT molecular complexity index is 1670. The summed E-state index contributed by atoms with van der Waals surface area (Å²) in [6.45, 7) is 18.5. The van der Waals surface area contributed by atoms with Crippen molar-refractivity contribution < 1.29 is 67.9 Å². The summed E-state index contributed by atoms with van der Waals surface area (Å²) in [5, 5.41) is 62.7. The molecule has 1 aromatic rings. The average Bonchev–Trinajstić information content (AvgIpc) is 3.25. The van der Waals surface area contributed by atoms with E-state index in [9.17, 15) is 39.5 Å². The zero-order chi connectivity index (χ0) is 49.5. The van der Waals surface area contributed by atoms with Crippen LogP contribution in [0, 0.1) is 23.6 Å². The first-order valence-corrected chi connectivity index (χ1v) is 24.0. The second-order valence-corrected chi connectivity index (χ2v) is 20.6. The Morgan fingerprint density at radius 1 is 0.970 bits per heavy atom. The number of methoxy groups -OCH3 is 1. The summed E-state index contributed by atoms with van der Waals surface area (Å²) >= 11 is 0. The van der Waals surface area contributed by atoms with Gasteiger partial charge in [0.15, 0.2) is 12.6 Å². The van der Waals surface area contributed by atoms with E-state index in [1.165, 1.54) is 26.2 Å². The van der Waals surface area contributed by atoms with Gasteiger partial charge in [-0.2, -0.15) is 0 Å². The van der Waals surface area contributed by atoms with Crippen molar-refractivity contribution in [2.24, 2.45) is 17.8 Å². The Labute approximate surface area is 392 Å². The van der Waals surface area contributed by atoms with Crippen LogP contribution in [0.5, 0.6) is 0 Å². The summed E-state index contributed by atoms with van der Waals surface area (Å²) < 4.78 is 51.4. The lowest BCUT2D eigenvalue weighted by atomic mass is 9.77. The number of hydrogen-bond acceptors (Lipinski definition) is 15. The number of nitrogens with one attached hydrogen (secondary N) is 1. The van der Waals surface area contributed by atoms with Gasteiger partial charge in [-0.3, -0.25) is 14.5 Å². The van der Waals surface area contributed by atoms with Crippen LogP contribution in [0.4, 0.5) is 4.39 Å². The summed E-state index contributed by atoms with van der Waals surface area (Å²) in [6, 6.07) is 5.03. The Balaban J connectivity index is 1.71. The number of esters is 1. The molecular weight excluding hydrogens is 858 g/mol. The highest BCUT2D eigenvalue weighted by Crippen LogP contribution is 2.40. The molecule has 0 spiro atoms. The zero-order valence-electron chi connectivity index (χ0n) is 41.8. The van der Waals surface area contributed by atoms with E-state index in [4.69, 9.17) is 28.4 Å². The van der Waals surface area contributed by atoms with Crippen molar-refractivity contribution in [1.29, 1.82) is 0 Å². The van der Waals surface area contributed by atoms with Gasteiger partial charge in [0.2, 0.25) is 5.91 Å². The molecule has 17 heteroatoms. The van der Waals surface area contributed by atoms with Crippen LogP contribution in [-0.2, 0) is 44.4 Å². The summed E-state index contributed by atoms with van der Waals surface area (Å²) in [5.41, 5.74) is -3.81. The van der Waals surface area contributed by atoms with Crippen LogP contribution >= 0.6 is 0 Å². The van der Waals surface area contributed by atoms with E-state index < -0.39 is 96.0 Å². The fourth-order valence-corrected chi connectivity index (χ4v) is 10.4. The first-order chi connectivity index (χ1) is 30.8. The number of amides is 1. The van der Waals surface area contributed by atoms with Crippen LogP contribution in [0.2, 0.25) is 0 Å². The van der Waals surface area contributed by atoms with E-state index in [-0.39, 0.29) is 55.5 Å². The van der Waals surface area contributed by atoms with Gasteiger partial charge >= 0.3 is 5.97 Å². The van der Waals surface area contributed by atoms with E-state index in [2.05, 4.69) is 5.32 Å². The third-order valence-corrected chi connectivity index (χ3v) is 14.5. The van der Waals surface area contributed by atoms with Gasteiger partial charge in [-0.1, -0.05) is 32.9 Å². The lowest BCUT2D eigenvalue weighted by Crippen LogP contribution is -2.60. The van der Waals surface area contributed by atoms with E-state index >= 15 is 0 Å². The Kier molecular flexibility index (Phi) is 20.4. The summed E-state index contributed by atoms with van der Waals surface area (Å²) in [4.78, 5) is 31.2. The zero-order valence-corrected chi connectivity index (χ0v) is 41.8. The molecule has 18 atom stereocenters. The molecule has 3 aliphatic heterocycles. The highest BCUT2D eigenvalue weighted by atomic mass is 19.1. The Hall–Kier alpha value is -2.39. The number of nitrogens with zero attached hydrogens (tertiary/aromatic N) is 2. The van der Waals surface area contributed by atoms with E-state index in [1.54, 1.807) is 60.6 Å². The van der Waals surface area contributed by atoms with Crippen molar-refractivity contribution in [3.05, 3.63) is 35.6 Å². The SMILES string of the molecule is CCC1OC(=O)[C@H](C)[C@@H](O[C@H]2C[C@@](C)(OC)[C@@H](O)[C@H](C)O2)[C@H](C)[C@@H](O[C@H]2O[C@@H](C)C[C@@H](N(C)C)[C@@H]2O)[C@](C)(O)C[C@@H](C)CN(CCCNC(=O)CCc2ccc(F)cc2)[C@H](C)[C@@H](O)[C@]1(C)O. The lowest BCUT2D eigenvalue weighted by molar-refractivity contribution is -0.318. The molecule has 66 heavy (non-hydrogen) atoms. The van der Waals surface area contributed by atoms with Crippen LogP contribution in [0.25, 0.3) is 0 Å². The van der Waals surface area contributed by atoms with Crippen LogP contribution in [-0.4, -0.2) is 178 Å². The van der Waals surface area contributed by atoms with Gasteiger partial charge in [0.05, 0.1) is 41.5 Å². The molecule has 0 saturated carbocycles. The Morgan fingerprint density at radius 3 is 2.23 bits per heavy atom. The van der Waals surface area contributed by atoms with Crippen LogP contribution in [0.1, 0.15) is 113 Å². The predicted octanol–water partition coefficient (Wildman–Crippen LogP) is 3.55. The third kappa shape index (κ3) is 14.1. The first kappa shape index (κ1) is 56.2. The number of aryl methyl sites for hydroxylation is 1. The summed E-state index contributed by atoms with van der Waals surface area (Å²) in [6.07, 6.45) is -7.95. The minimum absolute atomic E-state index is 0.0946. The van der Waals surface area contributed by atoms with Crippen molar-refractivity contribution in [1.82, 2.24) is 15.1 Å². The molecule has 0 aromatic heterocycles. The molecule has 3 fully saturated rings. The molecule has 3 aliphatic rings. The van der Waals surface area contributed by atoms with Crippen molar-refractivity contribution in [2.75, 3.05) is 40.8 Å². The molecule has 4 rings (SSSR count). The normalized spacial score (nSPS) is 41.5. The van der Waals surface area contributed by atoms with Crippen LogP contribution in [0.15, 0.2) is 24.3 Å². The number of ether oxygens (including phenoxy) is 6. The summed E-state index contributed by atoms with van der Waals surface area (Å²) in [7, 11) is 5.24. The fourth-order valence-electron chi connectivity index (χ4n) is 10.4. The average molecular weight is 942 g/mol. The number of carbonyl (C=O) groups excluding carboxylic acids is 2. The quantitative estimate of drug-likeness (QED) is 0.117. The van der Waals surface area contributed by atoms with Gasteiger partial charge in [0.25, 0.3) is 0 Å². The van der Waals surface area contributed by atoms with Gasteiger partial charge < -0.3 is 64.2 Å². The molecular formula is C49H84FN3O13. The Morgan fingerprint density at radius 2 is 1.62 bits per heavy atom. The number of rotatable bonds is 14. The summed E-state index contributed by atoms with van der Waals surface area (Å²) in [5.74, 6) is -3.40. The molecule has 6 N–H and O–H groups in total. The van der Waals surface area contributed by atoms with E-state index in [0.717, 1.165) is 5.56 Å². The second kappa shape index (κ2) is 24.0. The number of likely N-dealkylation sites (N-methyl/N-ethyl adjacent to an activating group) is 1. The molecule has 0 aliphatic carbocycles. The predicted molar refractivity (Wildman–Crippen MR) is 245 cm³/mol. The van der Waals surface area contributed by atoms with Gasteiger partial charge in [0, 0.05) is 57.6 Å². The number of aliphatic hydroxyl groups excluding tert-OH is 3. The number of cyclic esters (lactones) is 1. The minimum atomic E-state index is -1.93. The maximum absolute atomic E-state index is 14.5. The minimum Gasteiger partial charge on any atom is -0.459 e.